The first kappa shape index (κ1) is 22.2. The summed E-state index contributed by atoms with van der Waals surface area (Å²) in [4.78, 5) is 28.4. The highest BCUT2D eigenvalue weighted by Crippen LogP contribution is 2.54. The number of fused-ring (bicyclic) bond motifs is 9. The highest BCUT2D eigenvalue weighted by molar-refractivity contribution is 5.98. The molecule has 0 unspecified atom stereocenters. The van der Waals surface area contributed by atoms with Crippen LogP contribution in [0.2, 0.25) is 0 Å². The Bertz CT molecular complexity index is 1900. The zero-order valence-corrected chi connectivity index (χ0v) is 22.1. The van der Waals surface area contributed by atoms with E-state index in [4.69, 9.17) is 19.6 Å². The summed E-state index contributed by atoms with van der Waals surface area (Å²) in [5, 5.41) is 14.1. The highest BCUT2D eigenvalue weighted by Gasteiger charge is 2.53. The Labute approximate surface area is 238 Å². The molecule has 2 aliphatic carbocycles. The summed E-state index contributed by atoms with van der Waals surface area (Å²) in [7, 11) is 0. The van der Waals surface area contributed by atoms with Crippen LogP contribution in [0.25, 0.3) is 16.9 Å². The molecular weight excluding hydrogens is 530 g/mol. The van der Waals surface area contributed by atoms with Gasteiger partial charge in [-0.15, -0.1) is 0 Å². The van der Waals surface area contributed by atoms with Crippen LogP contribution in [0, 0.1) is 23.7 Å². The van der Waals surface area contributed by atoms with Crippen molar-refractivity contribution in [3.63, 3.8) is 0 Å². The minimum atomic E-state index is -3.16. The smallest absolute Gasteiger partial charge is 0.387 e. The minimum absolute atomic E-state index is 0.0210. The van der Waals surface area contributed by atoms with Gasteiger partial charge >= 0.3 is 6.61 Å². The molecule has 1 fully saturated rings. The second-order valence-electron chi connectivity index (χ2n) is 11.4. The Hall–Kier alpha value is -4.50. The number of rotatable bonds is 4. The quantitative estimate of drug-likeness (QED) is 0.392. The lowest BCUT2D eigenvalue weighted by molar-refractivity contribution is -0.0505. The van der Waals surface area contributed by atoms with Crippen LogP contribution in [0.1, 0.15) is 80.8 Å². The van der Waals surface area contributed by atoms with Crippen molar-refractivity contribution in [1.82, 2.24) is 29.5 Å². The molecule has 10 nitrogen and oxygen atoms in total. The maximum atomic E-state index is 13.6. The number of carbonyl (C=O) groups is 1. The molecule has 7 rings (SSSR count). The predicted molar refractivity (Wildman–Crippen MR) is 142 cm³/mol. The normalized spacial score (nSPS) is 27.8. The molecule has 12 heteroatoms. The van der Waals surface area contributed by atoms with Gasteiger partial charge in [0, 0.05) is 57.9 Å². The molecule has 0 radical (unpaired) electrons. The number of alkyl halides is 2. The third-order valence-corrected chi connectivity index (χ3v) is 8.42. The summed E-state index contributed by atoms with van der Waals surface area (Å²) in [6.45, 7) is -2.31. The van der Waals surface area contributed by atoms with Crippen LogP contribution in [-0.2, 0) is 5.54 Å². The van der Waals surface area contributed by atoms with Gasteiger partial charge in [0.25, 0.3) is 5.91 Å². The molecule has 3 aliphatic rings. The van der Waals surface area contributed by atoms with Crippen LogP contribution in [0.5, 0.6) is 5.75 Å². The van der Waals surface area contributed by atoms with Gasteiger partial charge in [-0.25, -0.2) is 19.5 Å². The molecule has 4 aromatic rings. The number of amides is 1. The van der Waals surface area contributed by atoms with Crippen molar-refractivity contribution in [2.45, 2.75) is 57.2 Å². The van der Waals surface area contributed by atoms with Crippen LogP contribution in [-0.4, -0.2) is 49.0 Å². The fraction of sp³-hybridized carbons (Fsp3) is 0.379. The van der Waals surface area contributed by atoms with Gasteiger partial charge in [0.2, 0.25) is 0 Å². The number of nitriles is 1. The van der Waals surface area contributed by atoms with E-state index in [9.17, 15) is 18.8 Å². The summed E-state index contributed by atoms with van der Waals surface area (Å²) in [5.41, 5.74) is 8.43. The fourth-order valence-electron chi connectivity index (χ4n) is 6.76. The largest absolute Gasteiger partial charge is 0.434 e. The van der Waals surface area contributed by atoms with Crippen molar-refractivity contribution in [2.75, 3.05) is 6.98 Å². The lowest BCUT2D eigenvalue weighted by atomic mass is 9.59. The van der Waals surface area contributed by atoms with Crippen molar-refractivity contribution in [1.29, 1.82) is 5.26 Å². The van der Waals surface area contributed by atoms with E-state index in [1.54, 1.807) is 18.6 Å². The van der Waals surface area contributed by atoms with Gasteiger partial charge in [0.15, 0.2) is 5.65 Å². The number of aryl methyl sites for hydroxylation is 1. The van der Waals surface area contributed by atoms with Crippen LogP contribution in [0.3, 0.4) is 0 Å². The van der Waals surface area contributed by atoms with Crippen molar-refractivity contribution in [2.24, 2.45) is 11.1 Å². The number of aromatic nitrogens is 5. The van der Waals surface area contributed by atoms with E-state index in [0.29, 0.717) is 52.4 Å². The van der Waals surface area contributed by atoms with E-state index in [1.807, 2.05) is 13.8 Å². The van der Waals surface area contributed by atoms with Gasteiger partial charge < -0.3 is 15.4 Å². The molecule has 2 N–H and O–H groups in total. The van der Waals surface area contributed by atoms with Gasteiger partial charge in [0.05, 0.1) is 34.5 Å². The molecule has 0 spiro atoms. The molecule has 41 heavy (non-hydrogen) atoms. The second-order valence-corrected chi connectivity index (χ2v) is 11.4. The van der Waals surface area contributed by atoms with Crippen molar-refractivity contribution >= 4 is 11.6 Å². The molecule has 4 heterocycles. The number of halogens is 2. The Kier molecular flexibility index (Phi) is 4.61. The molecule has 208 valence electrons. The third kappa shape index (κ3) is 3.65. The molecular formula is C29H26F2N8O2. The first-order valence-electron chi connectivity index (χ1n) is 14.6. The topological polar surface area (TPSA) is 135 Å². The summed E-state index contributed by atoms with van der Waals surface area (Å²) in [6.07, 6.45) is 5.95. The van der Waals surface area contributed by atoms with Gasteiger partial charge in [-0.1, -0.05) is 6.07 Å². The SMILES string of the molecule is [2H]C([2H])([2H])N1C(=O)c2cccc(OC(F)F)c2[C@H]2C[C@@H]1c1nn3cc(C)c(-c4cnc(C5(N)CC(C)(C#N)C5)nc4)nc3c12. The van der Waals surface area contributed by atoms with Crippen LogP contribution in [0.4, 0.5) is 8.78 Å². The zero-order chi connectivity index (χ0) is 31.3. The van der Waals surface area contributed by atoms with E-state index < -0.39 is 42.4 Å². The lowest BCUT2D eigenvalue weighted by Gasteiger charge is -2.47. The first-order valence-corrected chi connectivity index (χ1v) is 13.1. The number of hydrogen-bond donors (Lipinski definition) is 1. The minimum Gasteiger partial charge on any atom is -0.434 e. The second kappa shape index (κ2) is 8.50. The van der Waals surface area contributed by atoms with Gasteiger partial charge in [0.1, 0.15) is 11.6 Å². The zero-order valence-electron chi connectivity index (χ0n) is 25.1. The van der Waals surface area contributed by atoms with Crippen molar-refractivity contribution < 1.29 is 22.4 Å². The summed E-state index contributed by atoms with van der Waals surface area (Å²) < 4.78 is 57.9. The highest BCUT2D eigenvalue weighted by atomic mass is 19.3. The number of ether oxygens (including phenoxy) is 1. The molecule has 0 saturated heterocycles. The summed E-state index contributed by atoms with van der Waals surface area (Å²) in [6, 6.07) is 5.49. The lowest BCUT2D eigenvalue weighted by Crippen LogP contribution is -2.54. The molecule has 3 aromatic heterocycles. The molecule has 2 bridgehead atoms. The van der Waals surface area contributed by atoms with E-state index in [1.165, 1.54) is 22.7 Å². The Morgan fingerprint density at radius 1 is 1.27 bits per heavy atom. The van der Waals surface area contributed by atoms with Crippen LogP contribution < -0.4 is 10.5 Å². The molecule has 1 amide bonds. The Balaban J connectivity index is 1.37. The third-order valence-electron chi connectivity index (χ3n) is 8.42. The summed E-state index contributed by atoms with van der Waals surface area (Å²) >= 11 is 0. The Morgan fingerprint density at radius 3 is 2.71 bits per heavy atom. The molecule has 1 aromatic carbocycles. The Morgan fingerprint density at radius 2 is 2.02 bits per heavy atom. The number of nitrogens with zero attached hydrogens (tertiary/aromatic N) is 7. The predicted octanol–water partition coefficient (Wildman–Crippen LogP) is 4.24. The monoisotopic (exact) mass is 559 g/mol. The fourth-order valence-corrected chi connectivity index (χ4v) is 6.76. The van der Waals surface area contributed by atoms with E-state index in [0.717, 1.165) is 4.90 Å². The van der Waals surface area contributed by atoms with E-state index >= 15 is 0 Å². The van der Waals surface area contributed by atoms with Gasteiger partial charge in [-0.2, -0.15) is 19.1 Å². The molecule has 2 atom stereocenters. The molecule has 1 saturated carbocycles. The number of carbonyl (C=O) groups excluding carboxylic acids is 1. The number of hydrogen-bond acceptors (Lipinski definition) is 8. The van der Waals surface area contributed by atoms with Crippen molar-refractivity contribution in [3.05, 3.63) is 70.6 Å². The average Bonchev–Trinajstić information content (AvgIpc) is 3.43. The molecule has 1 aliphatic heterocycles. The number of benzene rings is 1. The van der Waals surface area contributed by atoms with E-state index in [-0.39, 0.29) is 23.3 Å². The van der Waals surface area contributed by atoms with Crippen LogP contribution in [0.15, 0.2) is 36.8 Å². The standard InChI is InChI=1S/C29H26F2N8O2/c1-14-10-39-24(36-22(14)15-8-34-26(35-9-15)29(33)11-28(2,12-29)13-32)21-17-7-18(23(21)37-39)38(3)25(40)16-5-4-6-19(20(16)17)41-27(30)31/h4-6,8-10,17-18,27H,7,11-12,33H2,1-3H3/t17-,18-,28?,29?/m1/s1/i3D3. The average molecular weight is 560 g/mol. The van der Waals surface area contributed by atoms with E-state index in [2.05, 4.69) is 21.1 Å². The van der Waals surface area contributed by atoms with Crippen molar-refractivity contribution in [3.8, 4) is 23.1 Å². The van der Waals surface area contributed by atoms with Crippen LogP contribution >= 0.6 is 0 Å². The maximum Gasteiger partial charge on any atom is 0.387 e. The summed E-state index contributed by atoms with van der Waals surface area (Å²) in [5.74, 6) is -1.28. The van der Waals surface area contributed by atoms with Gasteiger partial charge in [-0.05, 0) is 50.8 Å². The van der Waals surface area contributed by atoms with Gasteiger partial charge in [-0.3, -0.25) is 4.79 Å². The first-order chi connectivity index (χ1) is 20.7. The number of nitrogens with two attached hydrogens (primary N) is 1. The maximum absolute atomic E-state index is 13.6.